The van der Waals surface area contributed by atoms with E-state index in [1.165, 1.54) is 12.1 Å². The molecule has 1 nitrogen and oxygen atoms in total. The van der Waals surface area contributed by atoms with Crippen molar-refractivity contribution in [2.24, 2.45) is 0 Å². The van der Waals surface area contributed by atoms with Gasteiger partial charge in [0.2, 0.25) is 0 Å². The van der Waals surface area contributed by atoms with Crippen LogP contribution in [0.2, 0.25) is 0 Å². The molecular formula is C6H5F2N. The quantitative estimate of drug-likeness (QED) is 0.562. The topological polar surface area (TPSA) is 12.9 Å². The Labute approximate surface area is 51.3 Å². The van der Waals surface area contributed by atoms with E-state index in [0.29, 0.717) is 0 Å². The third kappa shape index (κ3) is 1.45. The smallest absolute Gasteiger partial charge is 0.141 e. The highest BCUT2D eigenvalue weighted by atomic mass is 19.1. The minimum atomic E-state index is -0.639. The van der Waals surface area contributed by atoms with Crippen LogP contribution >= 0.6 is 0 Å². The van der Waals surface area contributed by atoms with Crippen molar-refractivity contribution in [3.05, 3.63) is 29.8 Å². The molecule has 0 radical (unpaired) electrons. The SMILES string of the molecule is FCc1ccc(F)cn1. The van der Waals surface area contributed by atoms with Gasteiger partial charge in [-0.2, -0.15) is 0 Å². The van der Waals surface area contributed by atoms with Gasteiger partial charge in [0.15, 0.2) is 0 Å². The number of hydrogen-bond acceptors (Lipinski definition) is 1. The zero-order valence-corrected chi connectivity index (χ0v) is 4.64. The number of rotatable bonds is 1. The van der Waals surface area contributed by atoms with Crippen molar-refractivity contribution in [3.8, 4) is 0 Å². The second-order valence-corrected chi connectivity index (χ2v) is 1.60. The number of halogens is 2. The van der Waals surface area contributed by atoms with Gasteiger partial charge >= 0.3 is 0 Å². The lowest BCUT2D eigenvalue weighted by Gasteiger charge is -1.89. The molecular weight excluding hydrogens is 124 g/mol. The summed E-state index contributed by atoms with van der Waals surface area (Å²) in [6.07, 6.45) is 0.995. The predicted octanol–water partition coefficient (Wildman–Crippen LogP) is 1.69. The van der Waals surface area contributed by atoms with Crippen molar-refractivity contribution in [1.29, 1.82) is 0 Å². The van der Waals surface area contributed by atoms with Crippen molar-refractivity contribution in [2.75, 3.05) is 0 Å². The van der Waals surface area contributed by atoms with E-state index in [-0.39, 0.29) is 5.69 Å². The first-order chi connectivity index (χ1) is 4.33. The fourth-order valence-corrected chi connectivity index (χ4v) is 0.485. The van der Waals surface area contributed by atoms with E-state index in [4.69, 9.17) is 0 Å². The Morgan fingerprint density at radius 3 is 2.67 bits per heavy atom. The molecule has 9 heavy (non-hydrogen) atoms. The first-order valence-electron chi connectivity index (χ1n) is 2.49. The van der Waals surface area contributed by atoms with Gasteiger partial charge in [0.05, 0.1) is 11.9 Å². The molecule has 1 aromatic heterocycles. The molecule has 0 saturated heterocycles. The summed E-state index contributed by atoms with van der Waals surface area (Å²) in [6.45, 7) is -0.639. The monoisotopic (exact) mass is 129 g/mol. The summed E-state index contributed by atoms with van der Waals surface area (Å²) in [5.41, 5.74) is 0.261. The molecule has 0 aliphatic heterocycles. The maximum absolute atomic E-state index is 12.0. The van der Waals surface area contributed by atoms with Gasteiger partial charge in [0, 0.05) is 0 Å². The first-order valence-corrected chi connectivity index (χ1v) is 2.49. The predicted molar refractivity (Wildman–Crippen MR) is 29.0 cm³/mol. The molecule has 48 valence electrons. The van der Waals surface area contributed by atoms with Crippen LogP contribution in [0.5, 0.6) is 0 Å². The van der Waals surface area contributed by atoms with Crippen LogP contribution in [0.4, 0.5) is 8.78 Å². The number of pyridine rings is 1. The van der Waals surface area contributed by atoms with Crippen LogP contribution in [0.25, 0.3) is 0 Å². The van der Waals surface area contributed by atoms with Crippen LogP contribution < -0.4 is 0 Å². The molecule has 0 aliphatic carbocycles. The number of hydrogen-bond donors (Lipinski definition) is 0. The minimum Gasteiger partial charge on any atom is -0.255 e. The molecule has 0 aromatic carbocycles. The Morgan fingerprint density at radius 1 is 1.44 bits per heavy atom. The molecule has 0 bridgehead atoms. The van der Waals surface area contributed by atoms with Gasteiger partial charge in [-0.25, -0.2) is 8.78 Å². The standard InChI is InChI=1S/C6H5F2N/c7-3-6-2-1-5(8)4-9-6/h1-2,4H,3H2. The highest BCUT2D eigenvalue weighted by Gasteiger charge is 1.91. The van der Waals surface area contributed by atoms with Crippen LogP contribution in [0.1, 0.15) is 5.69 Å². The Morgan fingerprint density at radius 2 is 2.22 bits per heavy atom. The largest absolute Gasteiger partial charge is 0.255 e. The average Bonchev–Trinajstić information content (AvgIpc) is 1.90. The van der Waals surface area contributed by atoms with E-state index in [1.807, 2.05) is 0 Å². The Balaban J connectivity index is 2.88. The third-order valence-corrected chi connectivity index (χ3v) is 0.926. The number of aromatic nitrogens is 1. The molecule has 0 aliphatic rings. The van der Waals surface area contributed by atoms with Crippen molar-refractivity contribution in [3.63, 3.8) is 0 Å². The van der Waals surface area contributed by atoms with Crippen LogP contribution in [0, 0.1) is 5.82 Å². The van der Waals surface area contributed by atoms with Crippen molar-refractivity contribution in [1.82, 2.24) is 4.98 Å². The summed E-state index contributed by atoms with van der Waals surface area (Å²) in [7, 11) is 0. The van der Waals surface area contributed by atoms with Gasteiger partial charge in [0.25, 0.3) is 0 Å². The zero-order chi connectivity index (χ0) is 6.69. The number of nitrogens with zero attached hydrogens (tertiary/aromatic N) is 1. The van der Waals surface area contributed by atoms with Gasteiger partial charge in [-0.1, -0.05) is 0 Å². The van der Waals surface area contributed by atoms with Gasteiger partial charge < -0.3 is 0 Å². The molecule has 1 aromatic rings. The molecule has 0 unspecified atom stereocenters. The maximum atomic E-state index is 12.0. The molecule has 0 spiro atoms. The van der Waals surface area contributed by atoms with Gasteiger partial charge in [-0.3, -0.25) is 4.98 Å². The van der Waals surface area contributed by atoms with E-state index in [1.54, 1.807) is 0 Å². The van der Waals surface area contributed by atoms with Crippen LogP contribution in [0.3, 0.4) is 0 Å². The van der Waals surface area contributed by atoms with E-state index < -0.39 is 12.5 Å². The summed E-state index contributed by atoms with van der Waals surface area (Å²) in [5, 5.41) is 0. The number of alkyl halides is 1. The van der Waals surface area contributed by atoms with E-state index >= 15 is 0 Å². The second kappa shape index (κ2) is 2.53. The van der Waals surface area contributed by atoms with E-state index in [9.17, 15) is 8.78 Å². The lowest BCUT2D eigenvalue weighted by Crippen LogP contribution is -1.84. The molecule has 0 saturated carbocycles. The summed E-state index contributed by atoms with van der Waals surface area (Å²) < 4.78 is 23.7. The Hall–Kier alpha value is -0.990. The third-order valence-electron chi connectivity index (χ3n) is 0.926. The highest BCUT2D eigenvalue weighted by molar-refractivity contribution is 5.03. The van der Waals surface area contributed by atoms with Gasteiger partial charge in [-0.15, -0.1) is 0 Å². The fraction of sp³-hybridized carbons (Fsp3) is 0.167. The lowest BCUT2D eigenvalue weighted by atomic mass is 10.4. The first kappa shape index (κ1) is 6.13. The second-order valence-electron chi connectivity index (χ2n) is 1.60. The Kier molecular flexibility index (Phi) is 1.72. The molecule has 1 heterocycles. The minimum absolute atomic E-state index is 0.261. The lowest BCUT2D eigenvalue weighted by molar-refractivity contribution is 0.474. The summed E-state index contributed by atoms with van der Waals surface area (Å²) >= 11 is 0. The molecule has 1 rings (SSSR count). The normalized spacial score (nSPS) is 9.56. The summed E-state index contributed by atoms with van der Waals surface area (Å²) in [6, 6.07) is 2.50. The fourth-order valence-electron chi connectivity index (χ4n) is 0.485. The van der Waals surface area contributed by atoms with Crippen molar-refractivity contribution < 1.29 is 8.78 Å². The highest BCUT2D eigenvalue weighted by Crippen LogP contribution is 1.98. The van der Waals surface area contributed by atoms with Crippen LogP contribution in [0.15, 0.2) is 18.3 Å². The summed E-state index contributed by atoms with van der Waals surface area (Å²) in [5.74, 6) is -0.438. The molecule has 0 N–H and O–H groups in total. The molecule has 0 amide bonds. The van der Waals surface area contributed by atoms with E-state index in [2.05, 4.69) is 4.98 Å². The van der Waals surface area contributed by atoms with Crippen molar-refractivity contribution >= 4 is 0 Å². The Bertz CT molecular complexity index is 183. The molecule has 3 heteroatoms. The van der Waals surface area contributed by atoms with Gasteiger partial charge in [0.1, 0.15) is 12.5 Å². The molecule has 0 fully saturated rings. The zero-order valence-electron chi connectivity index (χ0n) is 4.64. The van der Waals surface area contributed by atoms with Crippen molar-refractivity contribution in [2.45, 2.75) is 6.67 Å². The average molecular weight is 129 g/mol. The van der Waals surface area contributed by atoms with Crippen LogP contribution in [-0.2, 0) is 6.67 Å². The maximum Gasteiger partial charge on any atom is 0.141 e. The van der Waals surface area contributed by atoms with Gasteiger partial charge in [-0.05, 0) is 12.1 Å². The summed E-state index contributed by atoms with van der Waals surface area (Å²) in [4.78, 5) is 3.45. The van der Waals surface area contributed by atoms with Crippen LogP contribution in [-0.4, -0.2) is 4.98 Å². The molecule has 0 atom stereocenters. The van der Waals surface area contributed by atoms with E-state index in [0.717, 1.165) is 6.20 Å².